The topological polar surface area (TPSA) is 40.5 Å². The Bertz CT molecular complexity index is 351. The fourth-order valence-electron chi connectivity index (χ4n) is 1.98. The van der Waals surface area contributed by atoms with Gasteiger partial charge in [0.15, 0.2) is 0 Å². The van der Waals surface area contributed by atoms with Crippen LogP contribution >= 0.6 is 0 Å². The van der Waals surface area contributed by atoms with E-state index >= 15 is 0 Å². The van der Waals surface area contributed by atoms with Crippen LogP contribution in [0.15, 0.2) is 18.2 Å². The van der Waals surface area contributed by atoms with Gasteiger partial charge in [-0.05, 0) is 30.0 Å². The largest absolute Gasteiger partial charge is 0.393 e. The van der Waals surface area contributed by atoms with E-state index in [4.69, 9.17) is 5.11 Å². The molecule has 2 nitrogen and oxygen atoms in total. The van der Waals surface area contributed by atoms with Gasteiger partial charge in [-0.25, -0.2) is 4.39 Å². The van der Waals surface area contributed by atoms with Crippen molar-refractivity contribution in [3.05, 3.63) is 35.1 Å². The van der Waals surface area contributed by atoms with Crippen molar-refractivity contribution in [1.29, 1.82) is 0 Å². The molecule has 0 heterocycles. The molecular formula is C11H13FO2. The summed E-state index contributed by atoms with van der Waals surface area (Å²) in [6, 6.07) is 4.87. The summed E-state index contributed by atoms with van der Waals surface area (Å²) in [5.41, 5.74) is 0.444. The highest BCUT2D eigenvalue weighted by Gasteiger charge is 2.32. The Morgan fingerprint density at radius 2 is 2.21 bits per heavy atom. The SMILES string of the molecule is OCC1(O)CCc2c(F)cccc2C1. The Hall–Kier alpha value is -0.930. The average molecular weight is 196 g/mol. The fourth-order valence-corrected chi connectivity index (χ4v) is 1.98. The van der Waals surface area contributed by atoms with Gasteiger partial charge in [0.25, 0.3) is 0 Å². The fraction of sp³-hybridized carbons (Fsp3) is 0.455. The van der Waals surface area contributed by atoms with Gasteiger partial charge in [0, 0.05) is 6.42 Å². The van der Waals surface area contributed by atoms with Gasteiger partial charge in [0.1, 0.15) is 5.82 Å². The van der Waals surface area contributed by atoms with Gasteiger partial charge in [-0.2, -0.15) is 0 Å². The number of benzene rings is 1. The number of rotatable bonds is 1. The highest BCUT2D eigenvalue weighted by molar-refractivity contribution is 5.32. The van der Waals surface area contributed by atoms with Gasteiger partial charge >= 0.3 is 0 Å². The highest BCUT2D eigenvalue weighted by Crippen LogP contribution is 2.29. The van der Waals surface area contributed by atoms with Gasteiger partial charge in [-0.15, -0.1) is 0 Å². The van der Waals surface area contributed by atoms with E-state index in [1.807, 2.05) is 0 Å². The van der Waals surface area contributed by atoms with Crippen molar-refractivity contribution in [3.8, 4) is 0 Å². The van der Waals surface area contributed by atoms with Crippen molar-refractivity contribution in [2.75, 3.05) is 6.61 Å². The summed E-state index contributed by atoms with van der Waals surface area (Å²) < 4.78 is 13.3. The normalized spacial score (nSPS) is 25.9. The average Bonchev–Trinajstić information content (AvgIpc) is 2.18. The van der Waals surface area contributed by atoms with Crippen LogP contribution in [0.3, 0.4) is 0 Å². The van der Waals surface area contributed by atoms with Crippen LogP contribution in [0.5, 0.6) is 0 Å². The first-order valence-corrected chi connectivity index (χ1v) is 4.74. The summed E-state index contributed by atoms with van der Waals surface area (Å²) in [7, 11) is 0. The maximum absolute atomic E-state index is 13.3. The Balaban J connectivity index is 2.36. The molecule has 0 spiro atoms. The van der Waals surface area contributed by atoms with E-state index < -0.39 is 5.60 Å². The maximum Gasteiger partial charge on any atom is 0.126 e. The molecule has 0 bridgehead atoms. The lowest BCUT2D eigenvalue weighted by Gasteiger charge is -2.31. The van der Waals surface area contributed by atoms with E-state index in [2.05, 4.69) is 0 Å². The van der Waals surface area contributed by atoms with E-state index in [1.54, 1.807) is 12.1 Å². The van der Waals surface area contributed by atoms with Crippen LogP contribution in [0.4, 0.5) is 4.39 Å². The van der Waals surface area contributed by atoms with Gasteiger partial charge in [0.05, 0.1) is 12.2 Å². The Morgan fingerprint density at radius 1 is 1.43 bits per heavy atom. The lowest BCUT2D eigenvalue weighted by Crippen LogP contribution is -2.39. The van der Waals surface area contributed by atoms with Crippen LogP contribution in [0.2, 0.25) is 0 Å². The second-order valence-electron chi connectivity index (χ2n) is 3.94. The molecule has 1 aromatic rings. The lowest BCUT2D eigenvalue weighted by molar-refractivity contribution is -0.0251. The quantitative estimate of drug-likeness (QED) is 0.704. The van der Waals surface area contributed by atoms with E-state index in [0.29, 0.717) is 24.8 Å². The van der Waals surface area contributed by atoms with E-state index in [-0.39, 0.29) is 12.4 Å². The molecule has 0 radical (unpaired) electrons. The van der Waals surface area contributed by atoms with Gasteiger partial charge in [-0.3, -0.25) is 0 Å². The van der Waals surface area contributed by atoms with Crippen molar-refractivity contribution in [2.45, 2.75) is 24.9 Å². The van der Waals surface area contributed by atoms with Crippen LogP contribution in [0.25, 0.3) is 0 Å². The minimum atomic E-state index is -1.05. The number of fused-ring (bicyclic) bond motifs is 1. The molecule has 14 heavy (non-hydrogen) atoms. The van der Waals surface area contributed by atoms with E-state index in [0.717, 1.165) is 5.56 Å². The third kappa shape index (κ3) is 1.53. The van der Waals surface area contributed by atoms with Crippen LogP contribution in [-0.4, -0.2) is 22.4 Å². The molecule has 76 valence electrons. The summed E-state index contributed by atoms with van der Waals surface area (Å²) >= 11 is 0. The molecule has 1 atom stereocenters. The molecule has 0 amide bonds. The zero-order chi connectivity index (χ0) is 10.2. The predicted molar refractivity (Wildman–Crippen MR) is 50.5 cm³/mol. The number of hydrogen-bond acceptors (Lipinski definition) is 2. The molecule has 0 saturated carbocycles. The third-order valence-corrected chi connectivity index (χ3v) is 2.87. The molecule has 1 aromatic carbocycles. The Morgan fingerprint density at radius 3 is 2.93 bits per heavy atom. The summed E-state index contributed by atoms with van der Waals surface area (Å²) in [5, 5.41) is 18.8. The summed E-state index contributed by atoms with van der Waals surface area (Å²) in [4.78, 5) is 0. The predicted octanol–water partition coefficient (Wildman–Crippen LogP) is 1.04. The molecule has 0 aromatic heterocycles. The lowest BCUT2D eigenvalue weighted by atomic mass is 9.81. The first-order chi connectivity index (χ1) is 6.64. The molecule has 0 fully saturated rings. The molecule has 1 unspecified atom stereocenters. The van der Waals surface area contributed by atoms with Crippen molar-refractivity contribution in [1.82, 2.24) is 0 Å². The molecule has 0 aliphatic heterocycles. The summed E-state index contributed by atoms with van der Waals surface area (Å²) in [6.07, 6.45) is 1.27. The first kappa shape index (κ1) is 9.62. The first-order valence-electron chi connectivity index (χ1n) is 4.74. The molecule has 2 N–H and O–H groups in total. The second-order valence-corrected chi connectivity index (χ2v) is 3.94. The van der Waals surface area contributed by atoms with Gasteiger partial charge in [0.2, 0.25) is 0 Å². The number of hydrogen-bond donors (Lipinski definition) is 2. The van der Waals surface area contributed by atoms with Gasteiger partial charge in [-0.1, -0.05) is 12.1 Å². The molecule has 1 aliphatic rings. The second kappa shape index (κ2) is 3.33. The smallest absolute Gasteiger partial charge is 0.126 e. The number of aliphatic hydroxyl groups excluding tert-OH is 1. The summed E-state index contributed by atoms with van der Waals surface area (Å²) in [5.74, 6) is -0.206. The monoisotopic (exact) mass is 196 g/mol. The standard InChI is InChI=1S/C11H13FO2/c12-10-3-1-2-8-6-11(14,7-13)5-4-9(8)10/h1-3,13-14H,4-7H2. The number of halogens is 1. The van der Waals surface area contributed by atoms with Crippen LogP contribution in [0.1, 0.15) is 17.5 Å². The third-order valence-electron chi connectivity index (χ3n) is 2.87. The van der Waals surface area contributed by atoms with Crippen molar-refractivity contribution >= 4 is 0 Å². The van der Waals surface area contributed by atoms with Crippen LogP contribution in [-0.2, 0) is 12.8 Å². The minimum absolute atomic E-state index is 0.206. The van der Waals surface area contributed by atoms with Crippen molar-refractivity contribution in [3.63, 3.8) is 0 Å². The molecule has 3 heteroatoms. The Kier molecular flexibility index (Phi) is 2.29. The Labute approximate surface area is 82.0 Å². The molecule has 2 rings (SSSR count). The van der Waals surface area contributed by atoms with Crippen molar-refractivity contribution in [2.24, 2.45) is 0 Å². The minimum Gasteiger partial charge on any atom is -0.393 e. The maximum atomic E-state index is 13.3. The summed E-state index contributed by atoms with van der Waals surface area (Å²) in [6.45, 7) is -0.261. The highest BCUT2D eigenvalue weighted by atomic mass is 19.1. The van der Waals surface area contributed by atoms with E-state index in [1.165, 1.54) is 6.07 Å². The number of aliphatic hydroxyl groups is 2. The molecule has 1 aliphatic carbocycles. The van der Waals surface area contributed by atoms with Crippen LogP contribution in [0, 0.1) is 5.82 Å². The molecular weight excluding hydrogens is 183 g/mol. The van der Waals surface area contributed by atoms with E-state index in [9.17, 15) is 9.50 Å². The van der Waals surface area contributed by atoms with Crippen LogP contribution < -0.4 is 0 Å². The zero-order valence-electron chi connectivity index (χ0n) is 7.83. The van der Waals surface area contributed by atoms with Gasteiger partial charge < -0.3 is 10.2 Å². The zero-order valence-corrected chi connectivity index (χ0v) is 7.83. The molecule has 0 saturated heterocycles. The van der Waals surface area contributed by atoms with Crippen molar-refractivity contribution < 1.29 is 14.6 Å².